The molecule has 0 aliphatic rings. The van der Waals surface area contributed by atoms with Crippen LogP contribution in [0.15, 0.2) is 66.7 Å². The maximum atomic E-state index is 12.8. The number of nitrogen functional groups attached to an aromatic ring is 1. The molecule has 130 valence electrons. The van der Waals surface area contributed by atoms with Crippen molar-refractivity contribution in [2.75, 3.05) is 11.1 Å². The van der Waals surface area contributed by atoms with E-state index in [1.165, 1.54) is 18.2 Å². The van der Waals surface area contributed by atoms with Crippen molar-refractivity contribution in [3.05, 3.63) is 93.5 Å². The third-order valence-electron chi connectivity index (χ3n) is 3.75. The molecule has 0 atom stereocenters. The molecule has 0 aliphatic heterocycles. The van der Waals surface area contributed by atoms with Gasteiger partial charge in [0.05, 0.1) is 16.3 Å². The zero-order valence-electron chi connectivity index (χ0n) is 13.5. The number of rotatable bonds is 4. The van der Waals surface area contributed by atoms with Crippen molar-refractivity contribution >= 4 is 46.3 Å². The number of ketones is 1. The highest BCUT2D eigenvalue weighted by Crippen LogP contribution is 2.25. The Balaban J connectivity index is 1.95. The average molecular weight is 385 g/mol. The van der Waals surface area contributed by atoms with E-state index in [1.54, 1.807) is 42.5 Å². The molecular weight excluding hydrogens is 371 g/mol. The molecule has 1 amide bonds. The summed E-state index contributed by atoms with van der Waals surface area (Å²) < 4.78 is 0. The van der Waals surface area contributed by atoms with Crippen LogP contribution in [0.5, 0.6) is 0 Å². The summed E-state index contributed by atoms with van der Waals surface area (Å²) in [5.41, 5.74) is 7.65. The van der Waals surface area contributed by atoms with Crippen molar-refractivity contribution in [1.82, 2.24) is 0 Å². The lowest BCUT2D eigenvalue weighted by Crippen LogP contribution is -2.16. The maximum absolute atomic E-state index is 12.8. The van der Waals surface area contributed by atoms with E-state index in [-0.39, 0.29) is 16.4 Å². The second-order valence-corrected chi connectivity index (χ2v) is 6.42. The van der Waals surface area contributed by atoms with Crippen molar-refractivity contribution < 1.29 is 9.59 Å². The van der Waals surface area contributed by atoms with Gasteiger partial charge < -0.3 is 11.1 Å². The van der Waals surface area contributed by atoms with Gasteiger partial charge in [-0.2, -0.15) is 0 Å². The first-order chi connectivity index (χ1) is 12.5. The van der Waals surface area contributed by atoms with Gasteiger partial charge >= 0.3 is 0 Å². The Morgan fingerprint density at radius 3 is 2.27 bits per heavy atom. The molecule has 6 heteroatoms. The number of amides is 1. The fourth-order valence-electron chi connectivity index (χ4n) is 2.47. The van der Waals surface area contributed by atoms with Gasteiger partial charge in [-0.3, -0.25) is 9.59 Å². The molecule has 0 heterocycles. The Bertz CT molecular complexity index is 988. The smallest absolute Gasteiger partial charge is 0.257 e. The van der Waals surface area contributed by atoms with Gasteiger partial charge in [0.25, 0.3) is 5.91 Å². The van der Waals surface area contributed by atoms with E-state index >= 15 is 0 Å². The average Bonchev–Trinajstić information content (AvgIpc) is 2.63. The van der Waals surface area contributed by atoms with Crippen LogP contribution in [-0.2, 0) is 0 Å². The molecule has 26 heavy (non-hydrogen) atoms. The van der Waals surface area contributed by atoms with Crippen LogP contribution in [0.2, 0.25) is 10.0 Å². The van der Waals surface area contributed by atoms with E-state index in [9.17, 15) is 9.59 Å². The predicted molar refractivity (Wildman–Crippen MR) is 105 cm³/mol. The van der Waals surface area contributed by atoms with Gasteiger partial charge in [0, 0.05) is 21.8 Å². The van der Waals surface area contributed by atoms with Gasteiger partial charge in [0.1, 0.15) is 0 Å². The summed E-state index contributed by atoms with van der Waals surface area (Å²) in [6.07, 6.45) is 0. The molecule has 0 radical (unpaired) electrons. The number of carbonyl (C=O) groups excluding carboxylic acids is 2. The topological polar surface area (TPSA) is 72.2 Å². The zero-order valence-corrected chi connectivity index (χ0v) is 15.0. The molecule has 3 aromatic carbocycles. The molecule has 0 aliphatic carbocycles. The molecular formula is C20H14Cl2N2O2. The molecule has 0 bridgehead atoms. The molecule has 4 nitrogen and oxygen atoms in total. The van der Waals surface area contributed by atoms with Gasteiger partial charge in [-0.1, -0.05) is 53.5 Å². The van der Waals surface area contributed by atoms with Crippen LogP contribution in [0.25, 0.3) is 0 Å². The molecule has 0 fully saturated rings. The van der Waals surface area contributed by atoms with Crippen molar-refractivity contribution in [3.63, 3.8) is 0 Å². The summed E-state index contributed by atoms with van der Waals surface area (Å²) in [6.45, 7) is 0. The largest absolute Gasteiger partial charge is 0.399 e. The SMILES string of the molecule is Nc1ccc(NC(=O)c2ccc(Cl)cc2Cl)c(C(=O)c2ccccc2)c1. The lowest BCUT2D eigenvalue weighted by Gasteiger charge is -2.12. The summed E-state index contributed by atoms with van der Waals surface area (Å²) in [6, 6.07) is 18.1. The van der Waals surface area contributed by atoms with Crippen molar-refractivity contribution in [2.24, 2.45) is 0 Å². The van der Waals surface area contributed by atoms with E-state index < -0.39 is 5.91 Å². The molecule has 0 saturated carbocycles. The van der Waals surface area contributed by atoms with Gasteiger partial charge in [0.2, 0.25) is 0 Å². The van der Waals surface area contributed by atoms with Crippen LogP contribution in [0, 0.1) is 0 Å². The van der Waals surface area contributed by atoms with Crippen molar-refractivity contribution in [2.45, 2.75) is 0 Å². The Kier molecular flexibility index (Phi) is 5.26. The van der Waals surface area contributed by atoms with Crippen LogP contribution in [0.3, 0.4) is 0 Å². The highest BCUT2D eigenvalue weighted by atomic mass is 35.5. The van der Waals surface area contributed by atoms with Crippen LogP contribution in [0.4, 0.5) is 11.4 Å². The standard InChI is InChI=1S/C20H14Cl2N2O2/c21-13-6-8-15(17(22)10-13)20(26)24-18-9-7-14(23)11-16(18)19(25)12-4-2-1-3-5-12/h1-11H,23H2,(H,24,26). The summed E-state index contributed by atoms with van der Waals surface area (Å²) >= 11 is 11.9. The van der Waals surface area contributed by atoms with Crippen LogP contribution in [0.1, 0.15) is 26.3 Å². The number of carbonyl (C=O) groups is 2. The number of hydrogen-bond acceptors (Lipinski definition) is 3. The minimum absolute atomic E-state index is 0.224. The first-order valence-electron chi connectivity index (χ1n) is 7.71. The maximum Gasteiger partial charge on any atom is 0.257 e. The zero-order chi connectivity index (χ0) is 18.7. The third-order valence-corrected chi connectivity index (χ3v) is 4.30. The summed E-state index contributed by atoms with van der Waals surface area (Å²) in [5.74, 6) is -0.686. The van der Waals surface area contributed by atoms with Gasteiger partial charge in [-0.25, -0.2) is 0 Å². The van der Waals surface area contributed by atoms with Crippen molar-refractivity contribution in [3.8, 4) is 0 Å². The first-order valence-corrected chi connectivity index (χ1v) is 8.47. The van der Waals surface area contributed by atoms with E-state index in [2.05, 4.69) is 5.32 Å². The molecule has 3 N–H and O–H groups in total. The molecule has 3 aromatic rings. The summed E-state index contributed by atoms with van der Waals surface area (Å²) in [7, 11) is 0. The van der Waals surface area contributed by atoms with E-state index in [1.807, 2.05) is 6.07 Å². The highest BCUT2D eigenvalue weighted by molar-refractivity contribution is 6.37. The molecule has 0 aromatic heterocycles. The molecule has 3 rings (SSSR count). The van der Waals surface area contributed by atoms with E-state index in [0.717, 1.165) is 0 Å². The number of nitrogens with one attached hydrogen (secondary N) is 1. The second-order valence-electron chi connectivity index (χ2n) is 5.58. The van der Waals surface area contributed by atoms with Crippen LogP contribution >= 0.6 is 23.2 Å². The number of nitrogens with two attached hydrogens (primary N) is 1. The Hall–Kier alpha value is -2.82. The third kappa shape index (κ3) is 3.87. The van der Waals surface area contributed by atoms with Gasteiger partial charge in [-0.05, 0) is 36.4 Å². The lowest BCUT2D eigenvalue weighted by atomic mass is 10.0. The lowest BCUT2D eigenvalue weighted by molar-refractivity contribution is 0.102. The number of hydrogen-bond donors (Lipinski definition) is 2. The summed E-state index contributed by atoms with van der Waals surface area (Å²) in [5, 5.41) is 3.38. The number of halogens is 2. The molecule has 0 spiro atoms. The molecule has 0 unspecified atom stereocenters. The minimum Gasteiger partial charge on any atom is -0.399 e. The van der Waals surface area contributed by atoms with Crippen LogP contribution < -0.4 is 11.1 Å². The quantitative estimate of drug-likeness (QED) is 0.487. The Morgan fingerprint density at radius 1 is 0.846 bits per heavy atom. The minimum atomic E-state index is -0.446. The van der Waals surface area contributed by atoms with Gasteiger partial charge in [0.15, 0.2) is 5.78 Å². The fourth-order valence-corrected chi connectivity index (χ4v) is 2.96. The Morgan fingerprint density at radius 2 is 1.58 bits per heavy atom. The predicted octanol–water partition coefficient (Wildman–Crippen LogP) is 5.06. The van der Waals surface area contributed by atoms with Gasteiger partial charge in [-0.15, -0.1) is 0 Å². The van der Waals surface area contributed by atoms with E-state index in [4.69, 9.17) is 28.9 Å². The monoisotopic (exact) mass is 384 g/mol. The van der Waals surface area contributed by atoms with E-state index in [0.29, 0.717) is 27.5 Å². The summed E-state index contributed by atoms with van der Waals surface area (Å²) in [4.78, 5) is 25.4. The van der Waals surface area contributed by atoms with Crippen LogP contribution in [-0.4, -0.2) is 11.7 Å². The first kappa shape index (κ1) is 18.0. The number of benzene rings is 3. The van der Waals surface area contributed by atoms with Crippen molar-refractivity contribution in [1.29, 1.82) is 0 Å². The second kappa shape index (κ2) is 7.60. The number of anilines is 2. The fraction of sp³-hybridized carbons (Fsp3) is 0. The normalized spacial score (nSPS) is 10.4. The molecule has 0 saturated heterocycles. The Labute approximate surface area is 160 Å². The highest BCUT2D eigenvalue weighted by Gasteiger charge is 2.17.